The van der Waals surface area contributed by atoms with E-state index in [0.717, 1.165) is 24.5 Å². The SMILES string of the molecule is CC(C)(C)OC(=O)Nc1ccc(F)cc1NC(=O)c1ccc(Cl)c(S(C)(=O)=O)c1. The van der Waals surface area contributed by atoms with Gasteiger partial charge in [0.1, 0.15) is 11.4 Å². The molecule has 0 spiro atoms. The Bertz CT molecular complexity index is 1060. The number of hydrogen-bond donors (Lipinski definition) is 2. The fourth-order valence-electron chi connectivity index (χ4n) is 2.27. The molecule has 0 aliphatic heterocycles. The Labute approximate surface area is 173 Å². The second-order valence-electron chi connectivity index (χ2n) is 7.19. The summed E-state index contributed by atoms with van der Waals surface area (Å²) >= 11 is 5.88. The zero-order chi connectivity index (χ0) is 22.0. The number of anilines is 2. The lowest BCUT2D eigenvalue weighted by molar-refractivity contribution is 0.0635. The van der Waals surface area contributed by atoms with Crippen LogP contribution in [0, 0.1) is 5.82 Å². The highest BCUT2D eigenvalue weighted by Crippen LogP contribution is 2.26. The summed E-state index contributed by atoms with van der Waals surface area (Å²) in [6, 6.07) is 7.10. The zero-order valence-electron chi connectivity index (χ0n) is 16.2. The van der Waals surface area contributed by atoms with Crippen molar-refractivity contribution in [1.82, 2.24) is 0 Å². The second-order valence-corrected chi connectivity index (χ2v) is 9.58. The Hall–Kier alpha value is -2.65. The average Bonchev–Trinajstić information content (AvgIpc) is 2.55. The fraction of sp³-hybridized carbons (Fsp3) is 0.263. The highest BCUT2D eigenvalue weighted by Gasteiger charge is 2.20. The van der Waals surface area contributed by atoms with Crippen molar-refractivity contribution in [3.63, 3.8) is 0 Å². The number of ether oxygens (including phenoxy) is 1. The summed E-state index contributed by atoms with van der Waals surface area (Å²) in [4.78, 5) is 24.3. The molecule has 0 aliphatic carbocycles. The van der Waals surface area contributed by atoms with Crippen molar-refractivity contribution in [2.24, 2.45) is 0 Å². The molecule has 0 bridgehead atoms. The van der Waals surface area contributed by atoms with Crippen LogP contribution in [-0.4, -0.2) is 32.3 Å². The number of benzene rings is 2. The predicted octanol–water partition coefficient (Wildman–Crippen LogP) is 4.48. The van der Waals surface area contributed by atoms with E-state index < -0.39 is 33.3 Å². The van der Waals surface area contributed by atoms with Crippen molar-refractivity contribution in [2.45, 2.75) is 31.3 Å². The number of halogens is 2. The summed E-state index contributed by atoms with van der Waals surface area (Å²) in [6.45, 7) is 5.04. The van der Waals surface area contributed by atoms with Crippen LogP contribution in [0.5, 0.6) is 0 Å². The minimum atomic E-state index is -3.66. The topological polar surface area (TPSA) is 102 Å². The molecule has 0 radical (unpaired) electrons. The van der Waals surface area contributed by atoms with Crippen LogP contribution in [0.2, 0.25) is 5.02 Å². The maximum atomic E-state index is 13.7. The summed E-state index contributed by atoms with van der Waals surface area (Å²) in [5, 5.41) is 4.86. The van der Waals surface area contributed by atoms with Crippen LogP contribution in [0.1, 0.15) is 31.1 Å². The molecule has 0 aromatic heterocycles. The standard InChI is InChI=1S/C19H20ClFN2O5S/c1-19(2,3)28-18(25)23-14-8-6-12(21)10-15(14)22-17(24)11-5-7-13(20)16(9-11)29(4,26)27/h5-10H,1-4H3,(H,22,24)(H,23,25). The molecule has 0 atom stereocenters. The van der Waals surface area contributed by atoms with Crippen LogP contribution >= 0.6 is 11.6 Å². The number of nitrogens with one attached hydrogen (secondary N) is 2. The van der Waals surface area contributed by atoms with Gasteiger partial charge < -0.3 is 10.1 Å². The van der Waals surface area contributed by atoms with E-state index >= 15 is 0 Å². The minimum absolute atomic E-state index is 0.0118. The van der Waals surface area contributed by atoms with Crippen molar-refractivity contribution in [2.75, 3.05) is 16.9 Å². The van der Waals surface area contributed by atoms with Gasteiger partial charge in [-0.3, -0.25) is 10.1 Å². The molecule has 156 valence electrons. The number of rotatable bonds is 4. The molecular weight excluding hydrogens is 423 g/mol. The van der Waals surface area contributed by atoms with E-state index in [9.17, 15) is 22.4 Å². The first-order valence-electron chi connectivity index (χ1n) is 8.37. The monoisotopic (exact) mass is 442 g/mol. The Morgan fingerprint density at radius 1 is 1.03 bits per heavy atom. The highest BCUT2D eigenvalue weighted by atomic mass is 35.5. The van der Waals surface area contributed by atoms with Gasteiger partial charge in [-0.25, -0.2) is 17.6 Å². The Morgan fingerprint density at radius 3 is 2.28 bits per heavy atom. The van der Waals surface area contributed by atoms with Gasteiger partial charge in [0, 0.05) is 11.8 Å². The van der Waals surface area contributed by atoms with Gasteiger partial charge in [-0.2, -0.15) is 0 Å². The van der Waals surface area contributed by atoms with Gasteiger partial charge in [0.05, 0.1) is 21.3 Å². The van der Waals surface area contributed by atoms with Crippen molar-refractivity contribution in [1.29, 1.82) is 0 Å². The molecule has 29 heavy (non-hydrogen) atoms. The Kier molecular flexibility index (Phi) is 6.54. The molecule has 0 aliphatic rings. The average molecular weight is 443 g/mol. The number of carbonyl (C=O) groups excluding carboxylic acids is 2. The van der Waals surface area contributed by atoms with E-state index in [1.165, 1.54) is 18.2 Å². The normalized spacial score (nSPS) is 11.7. The molecule has 2 rings (SSSR count). The molecule has 10 heteroatoms. The molecule has 2 aromatic rings. The van der Waals surface area contributed by atoms with Crippen LogP contribution in [0.4, 0.5) is 20.6 Å². The van der Waals surface area contributed by atoms with Gasteiger partial charge in [-0.15, -0.1) is 0 Å². The van der Waals surface area contributed by atoms with Gasteiger partial charge in [-0.05, 0) is 57.2 Å². The predicted molar refractivity (Wildman–Crippen MR) is 109 cm³/mol. The van der Waals surface area contributed by atoms with E-state index in [-0.39, 0.29) is 26.9 Å². The summed E-state index contributed by atoms with van der Waals surface area (Å²) in [5.74, 6) is -1.37. The number of hydrogen-bond acceptors (Lipinski definition) is 5. The maximum Gasteiger partial charge on any atom is 0.412 e. The molecule has 0 heterocycles. The Balaban J connectivity index is 2.31. The first-order valence-corrected chi connectivity index (χ1v) is 10.6. The number of carbonyl (C=O) groups is 2. The zero-order valence-corrected chi connectivity index (χ0v) is 17.7. The van der Waals surface area contributed by atoms with Gasteiger partial charge >= 0.3 is 6.09 Å². The number of amides is 2. The molecule has 2 aromatic carbocycles. The van der Waals surface area contributed by atoms with Crippen LogP contribution in [0.3, 0.4) is 0 Å². The van der Waals surface area contributed by atoms with Gasteiger partial charge in [0.2, 0.25) is 0 Å². The number of sulfone groups is 1. The van der Waals surface area contributed by atoms with E-state index in [1.54, 1.807) is 20.8 Å². The van der Waals surface area contributed by atoms with Crippen molar-refractivity contribution in [3.05, 3.63) is 52.8 Å². The van der Waals surface area contributed by atoms with Gasteiger partial charge in [0.15, 0.2) is 9.84 Å². The van der Waals surface area contributed by atoms with Crippen LogP contribution in [-0.2, 0) is 14.6 Å². The summed E-state index contributed by atoms with van der Waals surface area (Å²) in [6.07, 6.45) is 0.177. The lowest BCUT2D eigenvalue weighted by Gasteiger charge is -2.20. The van der Waals surface area contributed by atoms with E-state index in [1.807, 2.05) is 0 Å². The van der Waals surface area contributed by atoms with Crippen LogP contribution in [0.25, 0.3) is 0 Å². The summed E-state index contributed by atoms with van der Waals surface area (Å²) in [7, 11) is -3.66. The van der Waals surface area contributed by atoms with Crippen LogP contribution in [0.15, 0.2) is 41.3 Å². The maximum absolute atomic E-state index is 13.7. The molecule has 0 saturated carbocycles. The van der Waals surface area contributed by atoms with E-state index in [0.29, 0.717) is 0 Å². The largest absolute Gasteiger partial charge is 0.444 e. The molecule has 0 saturated heterocycles. The summed E-state index contributed by atoms with van der Waals surface area (Å²) in [5.41, 5.74) is -0.691. The quantitative estimate of drug-likeness (QED) is 0.726. The Morgan fingerprint density at radius 2 is 1.69 bits per heavy atom. The molecule has 2 N–H and O–H groups in total. The van der Waals surface area contributed by atoms with E-state index in [4.69, 9.17) is 16.3 Å². The smallest absolute Gasteiger partial charge is 0.412 e. The molecule has 0 fully saturated rings. The first-order chi connectivity index (χ1) is 13.3. The van der Waals surface area contributed by atoms with Gasteiger partial charge in [0.25, 0.3) is 5.91 Å². The van der Waals surface area contributed by atoms with Gasteiger partial charge in [-0.1, -0.05) is 11.6 Å². The lowest BCUT2D eigenvalue weighted by Crippen LogP contribution is -2.27. The second kappa shape index (κ2) is 8.38. The first kappa shape index (κ1) is 22.6. The summed E-state index contributed by atoms with van der Waals surface area (Å²) < 4.78 is 42.4. The third-order valence-corrected chi connectivity index (χ3v) is 5.04. The molecule has 0 unspecified atom stereocenters. The molecule has 2 amide bonds. The van der Waals surface area contributed by atoms with E-state index in [2.05, 4.69) is 10.6 Å². The lowest BCUT2D eigenvalue weighted by atomic mass is 10.2. The third-order valence-electron chi connectivity index (χ3n) is 3.46. The van der Waals surface area contributed by atoms with Crippen molar-refractivity contribution in [3.8, 4) is 0 Å². The van der Waals surface area contributed by atoms with Crippen LogP contribution < -0.4 is 10.6 Å². The van der Waals surface area contributed by atoms with Crippen molar-refractivity contribution >= 4 is 44.8 Å². The fourth-order valence-corrected chi connectivity index (χ4v) is 3.57. The molecule has 7 nitrogen and oxygen atoms in total. The third kappa shape index (κ3) is 6.43. The minimum Gasteiger partial charge on any atom is -0.444 e. The molecular formula is C19H20ClFN2O5S. The van der Waals surface area contributed by atoms with Crippen molar-refractivity contribution < 1.29 is 27.1 Å². The highest BCUT2D eigenvalue weighted by molar-refractivity contribution is 7.90.